The first kappa shape index (κ1) is 18.8. The monoisotopic (exact) mass is 368 g/mol. The maximum Gasteiger partial charge on any atom is 0.338 e. The highest BCUT2D eigenvalue weighted by atomic mass is 16.5. The molecule has 1 aromatic carbocycles. The van der Waals surface area contributed by atoms with Crippen molar-refractivity contribution in [3.63, 3.8) is 0 Å². The number of hydrogen-bond donors (Lipinski definition) is 1. The molecule has 27 heavy (non-hydrogen) atoms. The number of carbonyl (C=O) groups excluding carboxylic acids is 2. The molecule has 142 valence electrons. The van der Waals surface area contributed by atoms with Crippen LogP contribution in [-0.2, 0) is 4.74 Å². The molecule has 1 atom stereocenters. The molecule has 2 aromatic rings. The summed E-state index contributed by atoms with van der Waals surface area (Å²) in [6, 6.07) is 10.1. The van der Waals surface area contributed by atoms with Gasteiger partial charge in [0.1, 0.15) is 0 Å². The van der Waals surface area contributed by atoms with Crippen molar-refractivity contribution in [1.29, 1.82) is 0 Å². The number of rotatable bonds is 5. The number of ether oxygens (including phenoxy) is 1. The van der Waals surface area contributed by atoms with E-state index < -0.39 is 0 Å². The molecule has 1 saturated heterocycles. The number of piperidine rings is 1. The largest absolute Gasteiger partial charge is 0.462 e. The van der Waals surface area contributed by atoms with Crippen LogP contribution >= 0.6 is 0 Å². The SMILES string of the molecule is CCOC(=O)c1ccc(NC(=O)c2ccc(N3CCCC(C)C3)nn2)cc1. The van der Waals surface area contributed by atoms with E-state index in [0.29, 0.717) is 23.8 Å². The Morgan fingerprint density at radius 2 is 1.96 bits per heavy atom. The molecule has 0 bridgehead atoms. The number of carbonyl (C=O) groups is 2. The van der Waals surface area contributed by atoms with E-state index in [1.807, 2.05) is 6.07 Å². The molecule has 1 aliphatic heterocycles. The van der Waals surface area contributed by atoms with E-state index in [2.05, 4.69) is 27.3 Å². The van der Waals surface area contributed by atoms with Gasteiger partial charge in [0.15, 0.2) is 11.5 Å². The van der Waals surface area contributed by atoms with Crippen LogP contribution in [0.2, 0.25) is 0 Å². The highest BCUT2D eigenvalue weighted by Crippen LogP contribution is 2.20. The molecule has 0 saturated carbocycles. The maximum absolute atomic E-state index is 12.4. The van der Waals surface area contributed by atoms with Gasteiger partial charge in [0.05, 0.1) is 12.2 Å². The number of aromatic nitrogens is 2. The second-order valence-corrected chi connectivity index (χ2v) is 6.72. The van der Waals surface area contributed by atoms with Gasteiger partial charge in [-0.15, -0.1) is 10.2 Å². The van der Waals surface area contributed by atoms with Gasteiger partial charge < -0.3 is 15.0 Å². The first-order chi connectivity index (χ1) is 13.1. The van der Waals surface area contributed by atoms with Crippen LogP contribution in [0.1, 0.15) is 47.5 Å². The van der Waals surface area contributed by atoms with E-state index in [1.54, 1.807) is 37.3 Å². The lowest BCUT2D eigenvalue weighted by atomic mass is 10.0. The topological polar surface area (TPSA) is 84.4 Å². The lowest BCUT2D eigenvalue weighted by molar-refractivity contribution is 0.0526. The lowest BCUT2D eigenvalue weighted by Crippen LogP contribution is -2.35. The molecule has 1 fully saturated rings. The smallest absolute Gasteiger partial charge is 0.338 e. The summed E-state index contributed by atoms with van der Waals surface area (Å²) in [6.45, 7) is 6.24. The van der Waals surface area contributed by atoms with Crippen LogP contribution in [-0.4, -0.2) is 41.8 Å². The summed E-state index contributed by atoms with van der Waals surface area (Å²) in [6.07, 6.45) is 2.38. The van der Waals surface area contributed by atoms with E-state index in [9.17, 15) is 9.59 Å². The van der Waals surface area contributed by atoms with Gasteiger partial charge in [-0.3, -0.25) is 4.79 Å². The van der Waals surface area contributed by atoms with Crippen LogP contribution in [0.15, 0.2) is 36.4 Å². The van der Waals surface area contributed by atoms with Crippen molar-refractivity contribution in [1.82, 2.24) is 10.2 Å². The zero-order chi connectivity index (χ0) is 19.2. The fourth-order valence-electron chi connectivity index (χ4n) is 3.11. The van der Waals surface area contributed by atoms with Crippen molar-refractivity contribution in [3.8, 4) is 0 Å². The Labute approximate surface area is 158 Å². The molecule has 1 aromatic heterocycles. The van der Waals surface area contributed by atoms with Gasteiger partial charge in [-0.2, -0.15) is 0 Å². The number of esters is 1. The molecule has 2 heterocycles. The minimum Gasteiger partial charge on any atom is -0.462 e. The summed E-state index contributed by atoms with van der Waals surface area (Å²) >= 11 is 0. The summed E-state index contributed by atoms with van der Waals surface area (Å²) < 4.78 is 4.94. The summed E-state index contributed by atoms with van der Waals surface area (Å²) in [5, 5.41) is 11.0. The number of nitrogens with zero attached hydrogens (tertiary/aromatic N) is 3. The number of amides is 1. The third-order valence-corrected chi connectivity index (χ3v) is 4.52. The van der Waals surface area contributed by atoms with Gasteiger partial charge in [-0.25, -0.2) is 4.79 Å². The fourth-order valence-corrected chi connectivity index (χ4v) is 3.11. The van der Waals surface area contributed by atoms with Gasteiger partial charge in [-0.05, 0) is 62.1 Å². The Kier molecular flexibility index (Phi) is 6.01. The Hall–Kier alpha value is -2.96. The van der Waals surface area contributed by atoms with Crippen molar-refractivity contribution in [2.24, 2.45) is 5.92 Å². The summed E-state index contributed by atoms with van der Waals surface area (Å²) in [7, 11) is 0. The number of nitrogens with one attached hydrogen (secondary N) is 1. The fraction of sp³-hybridized carbons (Fsp3) is 0.400. The first-order valence-electron chi connectivity index (χ1n) is 9.24. The maximum atomic E-state index is 12.4. The molecule has 1 aliphatic rings. The Morgan fingerprint density at radius 1 is 1.19 bits per heavy atom. The first-order valence-corrected chi connectivity index (χ1v) is 9.24. The molecule has 1 amide bonds. The van der Waals surface area contributed by atoms with Gasteiger partial charge in [0.2, 0.25) is 0 Å². The Balaban J connectivity index is 1.61. The van der Waals surface area contributed by atoms with Crippen molar-refractivity contribution in [2.45, 2.75) is 26.7 Å². The van der Waals surface area contributed by atoms with Crippen LogP contribution in [0.25, 0.3) is 0 Å². The number of hydrogen-bond acceptors (Lipinski definition) is 6. The molecule has 1 unspecified atom stereocenters. The minimum absolute atomic E-state index is 0.248. The Morgan fingerprint density at radius 3 is 2.59 bits per heavy atom. The molecule has 3 rings (SSSR count). The van der Waals surface area contributed by atoms with Gasteiger partial charge in [0, 0.05) is 18.8 Å². The summed E-state index contributed by atoms with van der Waals surface area (Å²) in [4.78, 5) is 26.2. The zero-order valence-corrected chi connectivity index (χ0v) is 15.6. The third-order valence-electron chi connectivity index (χ3n) is 4.52. The van der Waals surface area contributed by atoms with E-state index in [-0.39, 0.29) is 17.6 Å². The van der Waals surface area contributed by atoms with Crippen molar-refractivity contribution in [3.05, 3.63) is 47.7 Å². The molecular formula is C20H24N4O3. The van der Waals surface area contributed by atoms with Crippen molar-refractivity contribution < 1.29 is 14.3 Å². The zero-order valence-electron chi connectivity index (χ0n) is 15.6. The van der Waals surface area contributed by atoms with Crippen LogP contribution in [0, 0.1) is 5.92 Å². The molecular weight excluding hydrogens is 344 g/mol. The molecule has 0 spiro atoms. The van der Waals surface area contributed by atoms with Crippen LogP contribution in [0.3, 0.4) is 0 Å². The quantitative estimate of drug-likeness (QED) is 0.816. The average molecular weight is 368 g/mol. The second kappa shape index (κ2) is 8.62. The van der Waals surface area contributed by atoms with Crippen LogP contribution < -0.4 is 10.2 Å². The minimum atomic E-state index is -0.385. The van der Waals surface area contributed by atoms with E-state index in [4.69, 9.17) is 4.74 Å². The second-order valence-electron chi connectivity index (χ2n) is 6.72. The van der Waals surface area contributed by atoms with Gasteiger partial charge in [-0.1, -0.05) is 6.92 Å². The number of benzene rings is 1. The highest BCUT2D eigenvalue weighted by Gasteiger charge is 2.18. The van der Waals surface area contributed by atoms with E-state index >= 15 is 0 Å². The third kappa shape index (κ3) is 4.81. The molecule has 7 heteroatoms. The summed E-state index contributed by atoms with van der Waals surface area (Å²) in [5.41, 5.74) is 1.26. The van der Waals surface area contributed by atoms with Crippen molar-refractivity contribution in [2.75, 3.05) is 29.9 Å². The number of anilines is 2. The molecule has 0 radical (unpaired) electrons. The highest BCUT2D eigenvalue weighted by molar-refractivity contribution is 6.03. The van der Waals surface area contributed by atoms with Crippen LogP contribution in [0.5, 0.6) is 0 Å². The standard InChI is InChI=1S/C20H24N4O3/c1-3-27-20(26)15-6-8-16(9-7-15)21-19(25)17-10-11-18(23-22-17)24-12-4-5-14(2)13-24/h6-11,14H,3-5,12-13H2,1-2H3,(H,21,25). The molecule has 1 N–H and O–H groups in total. The predicted octanol–water partition coefficient (Wildman–Crippen LogP) is 3.14. The van der Waals surface area contributed by atoms with E-state index in [0.717, 1.165) is 25.3 Å². The lowest BCUT2D eigenvalue weighted by Gasteiger charge is -2.31. The average Bonchev–Trinajstić information content (AvgIpc) is 2.69. The van der Waals surface area contributed by atoms with Gasteiger partial charge >= 0.3 is 5.97 Å². The molecule has 7 nitrogen and oxygen atoms in total. The normalized spacial score (nSPS) is 16.7. The summed E-state index contributed by atoms with van der Waals surface area (Å²) in [5.74, 6) is 0.715. The predicted molar refractivity (Wildman–Crippen MR) is 103 cm³/mol. The van der Waals surface area contributed by atoms with Gasteiger partial charge in [0.25, 0.3) is 5.91 Å². The van der Waals surface area contributed by atoms with E-state index in [1.165, 1.54) is 6.42 Å². The van der Waals surface area contributed by atoms with Crippen molar-refractivity contribution >= 4 is 23.4 Å². The van der Waals surface area contributed by atoms with Crippen LogP contribution in [0.4, 0.5) is 11.5 Å². The Bertz CT molecular complexity index is 790. The molecule has 0 aliphatic carbocycles.